The van der Waals surface area contributed by atoms with E-state index in [0.29, 0.717) is 15.9 Å². The summed E-state index contributed by atoms with van der Waals surface area (Å²) in [4.78, 5) is 13.3. The van der Waals surface area contributed by atoms with E-state index >= 15 is 0 Å². The third-order valence-corrected chi connectivity index (χ3v) is 6.85. The van der Waals surface area contributed by atoms with Crippen LogP contribution >= 0.6 is 11.6 Å². The Bertz CT molecular complexity index is 1300. The number of fused-ring (bicyclic) bond motifs is 1. The highest BCUT2D eigenvalue weighted by molar-refractivity contribution is 7.89. The second-order valence-corrected chi connectivity index (χ2v) is 9.01. The molecule has 0 spiro atoms. The zero-order chi connectivity index (χ0) is 22.2. The highest BCUT2D eigenvalue weighted by Gasteiger charge is 2.29. The van der Waals surface area contributed by atoms with E-state index < -0.39 is 20.6 Å². The van der Waals surface area contributed by atoms with Crippen LogP contribution in [0.4, 0.5) is 17.1 Å². The Kier molecular flexibility index (Phi) is 5.62. The second-order valence-electron chi connectivity index (χ2n) is 6.64. The molecule has 1 aromatic heterocycles. The van der Waals surface area contributed by atoms with E-state index in [1.54, 1.807) is 18.2 Å². The summed E-state index contributed by atoms with van der Waals surface area (Å²) in [5.74, 6) is -0.282. The quantitative estimate of drug-likeness (QED) is 0.331. The minimum atomic E-state index is -3.92. The molecule has 1 saturated heterocycles. The summed E-state index contributed by atoms with van der Waals surface area (Å²) in [5.41, 5.74) is -0.0914. The topological polar surface area (TPSA) is 150 Å². The number of aromatic nitrogens is 1. The molecule has 11 nitrogen and oxygen atoms in total. The summed E-state index contributed by atoms with van der Waals surface area (Å²) < 4.78 is 31.9. The Morgan fingerprint density at radius 1 is 1.16 bits per heavy atom. The number of benzene rings is 2. The first-order chi connectivity index (χ1) is 14.8. The molecule has 13 heteroatoms. The van der Waals surface area contributed by atoms with Gasteiger partial charge >= 0.3 is 0 Å². The van der Waals surface area contributed by atoms with Crippen LogP contribution in [0.3, 0.4) is 0 Å². The molecule has 4 rings (SSSR count). The number of hydrogen-bond donors (Lipinski definition) is 2. The van der Waals surface area contributed by atoms with Gasteiger partial charge in [-0.15, -0.1) is 10.2 Å². The van der Waals surface area contributed by atoms with Crippen molar-refractivity contribution in [2.24, 2.45) is 10.2 Å². The van der Waals surface area contributed by atoms with Crippen molar-refractivity contribution in [1.29, 1.82) is 0 Å². The molecule has 1 fully saturated rings. The van der Waals surface area contributed by atoms with Gasteiger partial charge in [0.15, 0.2) is 11.4 Å². The number of aromatic amines is 1. The van der Waals surface area contributed by atoms with E-state index in [0.717, 1.165) is 6.07 Å². The van der Waals surface area contributed by atoms with Crippen molar-refractivity contribution in [3.8, 4) is 5.88 Å². The van der Waals surface area contributed by atoms with Crippen molar-refractivity contribution in [3.05, 3.63) is 51.5 Å². The van der Waals surface area contributed by atoms with Gasteiger partial charge in [-0.1, -0.05) is 11.6 Å². The van der Waals surface area contributed by atoms with Crippen molar-refractivity contribution in [1.82, 2.24) is 9.29 Å². The number of nitrogens with one attached hydrogen (secondary N) is 1. The third-order valence-electron chi connectivity index (χ3n) is 4.72. The van der Waals surface area contributed by atoms with Crippen LogP contribution in [0.5, 0.6) is 5.88 Å². The Morgan fingerprint density at radius 3 is 2.61 bits per heavy atom. The van der Waals surface area contributed by atoms with Crippen molar-refractivity contribution < 1.29 is 23.2 Å². The first-order valence-corrected chi connectivity index (χ1v) is 10.9. The molecule has 3 aromatic rings. The van der Waals surface area contributed by atoms with Gasteiger partial charge in [-0.05, 0) is 30.3 Å². The van der Waals surface area contributed by atoms with Crippen LogP contribution in [0.25, 0.3) is 10.9 Å². The van der Waals surface area contributed by atoms with Crippen molar-refractivity contribution in [2.75, 3.05) is 26.3 Å². The maximum Gasteiger partial charge on any atom is 0.298 e. The minimum absolute atomic E-state index is 0.0526. The number of H-pyrrole nitrogens is 1. The van der Waals surface area contributed by atoms with E-state index in [1.807, 2.05) is 0 Å². The second kappa shape index (κ2) is 8.23. The maximum atomic E-state index is 12.8. The molecule has 0 aliphatic carbocycles. The molecule has 31 heavy (non-hydrogen) atoms. The number of nitrogens with zero attached hydrogens (tertiary/aromatic N) is 4. The molecule has 0 unspecified atom stereocenters. The van der Waals surface area contributed by atoms with Gasteiger partial charge in [-0.2, -0.15) is 4.31 Å². The van der Waals surface area contributed by atoms with Gasteiger partial charge in [-0.25, -0.2) is 8.42 Å². The number of sulfonamides is 1. The maximum absolute atomic E-state index is 12.8. The molecular weight excluding hydrogens is 450 g/mol. The molecule has 162 valence electrons. The van der Waals surface area contributed by atoms with Gasteiger partial charge in [0.25, 0.3) is 5.69 Å². The molecule has 0 saturated carbocycles. The summed E-state index contributed by atoms with van der Waals surface area (Å²) in [5, 5.41) is 30.4. The monoisotopic (exact) mass is 465 g/mol. The minimum Gasteiger partial charge on any atom is -0.493 e. The number of halogens is 1. The number of hydrogen-bond acceptors (Lipinski definition) is 8. The van der Waals surface area contributed by atoms with Gasteiger partial charge in [0, 0.05) is 29.6 Å². The number of rotatable bonds is 5. The van der Waals surface area contributed by atoms with Gasteiger partial charge in [-0.3, -0.25) is 10.1 Å². The average molecular weight is 466 g/mol. The van der Waals surface area contributed by atoms with E-state index in [-0.39, 0.29) is 48.5 Å². The largest absolute Gasteiger partial charge is 0.493 e. The number of azo groups is 1. The van der Waals surface area contributed by atoms with Gasteiger partial charge in [0.05, 0.1) is 28.5 Å². The number of morpholine rings is 1. The molecule has 2 heterocycles. The summed E-state index contributed by atoms with van der Waals surface area (Å²) in [7, 11) is -3.92. The third kappa shape index (κ3) is 4.10. The van der Waals surface area contributed by atoms with Gasteiger partial charge in [0.2, 0.25) is 15.9 Å². The average Bonchev–Trinajstić information content (AvgIpc) is 3.06. The molecule has 0 radical (unpaired) electrons. The van der Waals surface area contributed by atoms with Crippen LogP contribution in [0, 0.1) is 10.1 Å². The van der Waals surface area contributed by atoms with E-state index in [2.05, 4.69) is 15.2 Å². The van der Waals surface area contributed by atoms with Crippen LogP contribution in [0.15, 0.2) is 51.5 Å². The number of nitro groups is 1. The molecule has 0 bridgehead atoms. The Balaban J connectivity index is 1.72. The van der Waals surface area contributed by atoms with Crippen LogP contribution < -0.4 is 0 Å². The Labute approximate surface area is 181 Å². The highest BCUT2D eigenvalue weighted by atomic mass is 35.5. The lowest BCUT2D eigenvalue weighted by molar-refractivity contribution is -0.384. The summed E-state index contributed by atoms with van der Waals surface area (Å²) >= 11 is 5.98. The van der Waals surface area contributed by atoms with Gasteiger partial charge in [0.1, 0.15) is 0 Å². The standard InChI is InChI=1S/C18H16ClN5O6S/c19-11-1-3-14-13(9-11)17(18(25)20-14)22-21-15-4-2-12(10-16(15)24(26)27)31(28,29)23-5-7-30-8-6-23/h1-4,9-10,20,25H,5-8H2. The molecule has 0 atom stereocenters. The number of ether oxygens (including phenoxy) is 1. The van der Waals surface area contributed by atoms with Crippen molar-refractivity contribution >= 4 is 49.6 Å². The summed E-state index contributed by atoms with van der Waals surface area (Å²) in [6, 6.07) is 8.22. The number of nitro benzene ring substituents is 1. The van der Waals surface area contributed by atoms with Crippen molar-refractivity contribution in [2.45, 2.75) is 4.90 Å². The predicted octanol–water partition coefficient (Wildman–Crippen LogP) is 3.87. The summed E-state index contributed by atoms with van der Waals surface area (Å²) in [6.45, 7) is 0.845. The Hall–Kier alpha value is -3.06. The lowest BCUT2D eigenvalue weighted by Gasteiger charge is -2.25. The molecule has 1 aliphatic rings. The molecule has 0 amide bonds. The van der Waals surface area contributed by atoms with E-state index in [4.69, 9.17) is 16.3 Å². The van der Waals surface area contributed by atoms with Crippen LogP contribution in [-0.2, 0) is 14.8 Å². The first-order valence-electron chi connectivity index (χ1n) is 9.05. The number of aromatic hydroxyl groups is 1. The van der Waals surface area contributed by atoms with Crippen molar-refractivity contribution in [3.63, 3.8) is 0 Å². The van der Waals surface area contributed by atoms with E-state index in [1.165, 1.54) is 16.4 Å². The molecule has 1 aliphatic heterocycles. The highest BCUT2D eigenvalue weighted by Crippen LogP contribution is 2.39. The molecule has 2 aromatic carbocycles. The van der Waals surface area contributed by atoms with Crippen LogP contribution in [0.2, 0.25) is 5.02 Å². The zero-order valence-corrected chi connectivity index (χ0v) is 17.4. The summed E-state index contributed by atoms with van der Waals surface area (Å²) in [6.07, 6.45) is 0. The fourth-order valence-corrected chi connectivity index (χ4v) is 4.77. The normalized spacial score (nSPS) is 15.6. The lowest BCUT2D eigenvalue weighted by Crippen LogP contribution is -2.40. The fourth-order valence-electron chi connectivity index (χ4n) is 3.17. The predicted molar refractivity (Wildman–Crippen MR) is 112 cm³/mol. The lowest BCUT2D eigenvalue weighted by atomic mass is 10.2. The van der Waals surface area contributed by atoms with Gasteiger partial charge < -0.3 is 14.8 Å². The van der Waals surface area contributed by atoms with Crippen LogP contribution in [0.1, 0.15) is 0 Å². The van der Waals surface area contributed by atoms with E-state index in [9.17, 15) is 23.6 Å². The molecule has 2 N–H and O–H groups in total. The zero-order valence-electron chi connectivity index (χ0n) is 15.9. The fraction of sp³-hybridized carbons (Fsp3) is 0.222. The molecular formula is C18H16ClN5O6S. The first kappa shape index (κ1) is 21.2. The SMILES string of the molecule is O=[N+]([O-])c1cc(S(=O)(=O)N2CCOCC2)ccc1N=Nc1c(O)[nH]c2ccc(Cl)cc12. The smallest absolute Gasteiger partial charge is 0.298 e. The van der Waals surface area contributed by atoms with Crippen LogP contribution in [-0.4, -0.2) is 54.0 Å². The Morgan fingerprint density at radius 2 is 1.90 bits per heavy atom.